The van der Waals surface area contributed by atoms with Crippen molar-refractivity contribution in [3.8, 4) is 17.0 Å². The summed E-state index contributed by atoms with van der Waals surface area (Å²) in [4.78, 5) is 7.88. The molecule has 1 aliphatic rings. The fourth-order valence-corrected chi connectivity index (χ4v) is 5.39. The lowest BCUT2D eigenvalue weighted by Crippen LogP contribution is -2.39. The fourth-order valence-electron chi connectivity index (χ4n) is 5.39. The fraction of sp³-hybridized carbons (Fsp3) is 0.462. The number of halogens is 3. The van der Waals surface area contributed by atoms with Gasteiger partial charge in [-0.1, -0.05) is 19.9 Å². The molecule has 1 aliphatic carbocycles. The van der Waals surface area contributed by atoms with Crippen LogP contribution in [-0.2, 0) is 0 Å². The number of hydrogen-bond acceptors (Lipinski definition) is 4. The first-order chi connectivity index (χ1) is 16.7. The molecular weight excluding hydrogens is 455 g/mol. The van der Waals surface area contributed by atoms with Crippen molar-refractivity contribution < 1.29 is 17.9 Å². The van der Waals surface area contributed by atoms with Gasteiger partial charge in [-0.2, -0.15) is 18.3 Å². The van der Waals surface area contributed by atoms with Gasteiger partial charge < -0.3 is 15.0 Å². The highest BCUT2D eigenvalue weighted by Gasteiger charge is 2.30. The summed E-state index contributed by atoms with van der Waals surface area (Å²) in [5.41, 5.74) is 6.21. The van der Waals surface area contributed by atoms with E-state index in [0.29, 0.717) is 17.3 Å². The molecule has 1 aromatic carbocycles. The van der Waals surface area contributed by atoms with Gasteiger partial charge in [-0.15, -0.1) is 0 Å². The van der Waals surface area contributed by atoms with Crippen molar-refractivity contribution in [1.82, 2.24) is 24.9 Å². The van der Waals surface area contributed by atoms with Gasteiger partial charge in [0, 0.05) is 28.7 Å². The number of hydrogen-bond donors (Lipinski definition) is 2. The first-order valence-electron chi connectivity index (χ1n) is 12.1. The van der Waals surface area contributed by atoms with Gasteiger partial charge in [0.15, 0.2) is 11.4 Å². The molecule has 0 amide bonds. The van der Waals surface area contributed by atoms with Crippen molar-refractivity contribution in [2.45, 2.75) is 63.6 Å². The summed E-state index contributed by atoms with van der Waals surface area (Å²) >= 11 is 0. The molecule has 0 atom stereocenters. The van der Waals surface area contributed by atoms with E-state index in [4.69, 9.17) is 4.74 Å². The Morgan fingerprint density at radius 3 is 2.63 bits per heavy atom. The molecule has 35 heavy (non-hydrogen) atoms. The minimum atomic E-state index is -4.16. The number of methoxy groups -OCH3 is 1. The Hall–Kier alpha value is -3.07. The van der Waals surface area contributed by atoms with Crippen LogP contribution in [0.4, 0.5) is 13.2 Å². The number of pyridine rings is 1. The van der Waals surface area contributed by atoms with E-state index in [-0.39, 0.29) is 12.0 Å². The number of nitrogens with one attached hydrogen (secondary N) is 2. The third-order valence-electron chi connectivity index (χ3n) is 7.08. The van der Waals surface area contributed by atoms with Crippen LogP contribution in [0.2, 0.25) is 0 Å². The molecule has 3 heterocycles. The highest BCUT2D eigenvalue weighted by Crippen LogP contribution is 2.40. The minimum Gasteiger partial charge on any atom is -0.493 e. The number of ether oxygens (including phenoxy) is 1. The monoisotopic (exact) mass is 485 g/mol. The molecule has 2 N–H and O–H groups in total. The van der Waals surface area contributed by atoms with E-state index in [1.54, 1.807) is 11.6 Å². The molecule has 6 nitrogen and oxygen atoms in total. The normalized spacial score (nSPS) is 19.2. The van der Waals surface area contributed by atoms with E-state index in [9.17, 15) is 13.2 Å². The van der Waals surface area contributed by atoms with E-state index in [1.165, 1.54) is 22.8 Å². The number of benzene rings is 1. The molecule has 0 aliphatic heterocycles. The van der Waals surface area contributed by atoms with Crippen molar-refractivity contribution in [2.24, 2.45) is 0 Å². The van der Waals surface area contributed by atoms with Crippen LogP contribution < -0.4 is 10.1 Å². The van der Waals surface area contributed by atoms with Crippen LogP contribution in [0.5, 0.6) is 5.75 Å². The molecular formula is C26H30F3N5O. The Labute approximate surface area is 201 Å². The lowest BCUT2D eigenvalue weighted by molar-refractivity contribution is -0.126. The lowest BCUT2D eigenvalue weighted by Gasteiger charge is -2.30. The van der Waals surface area contributed by atoms with Crippen LogP contribution in [0.25, 0.3) is 27.8 Å². The predicted octanol–water partition coefficient (Wildman–Crippen LogP) is 6.19. The third-order valence-corrected chi connectivity index (χ3v) is 7.08. The summed E-state index contributed by atoms with van der Waals surface area (Å²) in [5.74, 6) is 1.28. The molecule has 3 aromatic heterocycles. The molecule has 0 saturated heterocycles. The highest BCUT2D eigenvalue weighted by molar-refractivity contribution is 5.92. The van der Waals surface area contributed by atoms with Crippen molar-refractivity contribution in [3.05, 3.63) is 47.9 Å². The van der Waals surface area contributed by atoms with Crippen LogP contribution in [-0.4, -0.2) is 45.5 Å². The first-order valence-corrected chi connectivity index (χ1v) is 12.1. The average molecular weight is 486 g/mol. The van der Waals surface area contributed by atoms with Crippen molar-refractivity contribution in [1.29, 1.82) is 0 Å². The van der Waals surface area contributed by atoms with Gasteiger partial charge in [-0.3, -0.25) is 0 Å². The zero-order valence-corrected chi connectivity index (χ0v) is 20.1. The molecule has 1 saturated carbocycles. The molecule has 4 aromatic rings. The maximum absolute atomic E-state index is 12.6. The van der Waals surface area contributed by atoms with Crippen LogP contribution in [0, 0.1) is 0 Å². The Bertz CT molecular complexity index is 1330. The number of rotatable bonds is 6. The Kier molecular flexibility index (Phi) is 6.21. The predicted molar refractivity (Wildman–Crippen MR) is 130 cm³/mol. The van der Waals surface area contributed by atoms with Gasteiger partial charge in [-0.05, 0) is 66.8 Å². The summed E-state index contributed by atoms with van der Waals surface area (Å²) < 4.78 is 44.9. The van der Waals surface area contributed by atoms with Gasteiger partial charge in [0.05, 0.1) is 19.3 Å². The quantitative estimate of drug-likeness (QED) is 0.342. The number of alkyl halides is 3. The Morgan fingerprint density at radius 1 is 1.17 bits per heavy atom. The van der Waals surface area contributed by atoms with Gasteiger partial charge >= 0.3 is 6.18 Å². The number of nitrogens with zero attached hydrogens (tertiary/aromatic N) is 3. The van der Waals surface area contributed by atoms with Crippen molar-refractivity contribution in [3.63, 3.8) is 0 Å². The third kappa shape index (κ3) is 4.74. The summed E-state index contributed by atoms with van der Waals surface area (Å²) in [6, 6.07) is 8.46. The largest absolute Gasteiger partial charge is 0.493 e. The summed E-state index contributed by atoms with van der Waals surface area (Å²) in [6.07, 6.45) is 2.58. The van der Waals surface area contributed by atoms with Crippen molar-refractivity contribution >= 4 is 16.6 Å². The van der Waals surface area contributed by atoms with Gasteiger partial charge in [0.2, 0.25) is 0 Å². The second-order valence-corrected chi connectivity index (χ2v) is 9.74. The zero-order valence-electron chi connectivity index (χ0n) is 20.1. The number of H-pyrrole nitrogens is 1. The number of fused-ring (bicyclic) bond motifs is 2. The summed E-state index contributed by atoms with van der Waals surface area (Å²) in [6.45, 7) is 3.45. The second kappa shape index (κ2) is 9.18. The smallest absolute Gasteiger partial charge is 0.401 e. The molecule has 0 radical (unpaired) electrons. The topological polar surface area (TPSA) is 67.2 Å². The molecule has 9 heteroatoms. The second-order valence-electron chi connectivity index (χ2n) is 9.74. The molecule has 1 fully saturated rings. The maximum Gasteiger partial charge on any atom is 0.401 e. The molecule has 5 rings (SSSR count). The maximum atomic E-state index is 12.6. The van der Waals surface area contributed by atoms with E-state index >= 15 is 0 Å². The van der Waals surface area contributed by atoms with Crippen LogP contribution in [0.3, 0.4) is 0 Å². The summed E-state index contributed by atoms with van der Waals surface area (Å²) in [7, 11) is 1.63. The molecule has 0 bridgehead atoms. The van der Waals surface area contributed by atoms with E-state index in [0.717, 1.165) is 42.5 Å². The zero-order chi connectivity index (χ0) is 24.7. The average Bonchev–Trinajstić information content (AvgIpc) is 3.46. The first kappa shape index (κ1) is 23.7. The minimum absolute atomic E-state index is 0.0663. The van der Waals surface area contributed by atoms with E-state index in [2.05, 4.69) is 52.4 Å². The van der Waals surface area contributed by atoms with Crippen LogP contribution in [0.15, 0.2) is 36.8 Å². The Balaban J connectivity index is 1.45. The molecule has 0 unspecified atom stereocenters. The van der Waals surface area contributed by atoms with E-state index < -0.39 is 12.7 Å². The van der Waals surface area contributed by atoms with E-state index in [1.807, 2.05) is 12.3 Å². The standard InChI is InChI=1S/C26H30F3N5O/c1-15(2)23-20-10-17(16-4-7-19(8-5-16)30-13-26(27,28)29)6-9-21(20)33-24(23)18-11-22(35-3)25-31-14-32-34(25)12-18/h6,9-12,14-16,19,30,33H,4-5,7-8,13H2,1-3H3. The lowest BCUT2D eigenvalue weighted by atomic mass is 9.81. The van der Waals surface area contributed by atoms with Crippen molar-refractivity contribution in [2.75, 3.05) is 13.7 Å². The molecule has 186 valence electrons. The van der Waals surface area contributed by atoms with Crippen LogP contribution >= 0.6 is 0 Å². The van der Waals surface area contributed by atoms with Gasteiger partial charge in [0.1, 0.15) is 6.33 Å². The Morgan fingerprint density at radius 2 is 1.94 bits per heavy atom. The summed E-state index contributed by atoms with van der Waals surface area (Å²) in [5, 5.41) is 8.15. The number of aromatic nitrogens is 4. The number of aromatic amines is 1. The van der Waals surface area contributed by atoms with Gasteiger partial charge in [0.25, 0.3) is 0 Å². The van der Waals surface area contributed by atoms with Crippen LogP contribution in [0.1, 0.15) is 62.5 Å². The SMILES string of the molecule is COc1cc(-c2[nH]c3ccc(C4CCC(NCC(F)(F)F)CC4)cc3c2C(C)C)cn2ncnc12. The highest BCUT2D eigenvalue weighted by atomic mass is 19.4. The molecule has 0 spiro atoms. The van der Waals surface area contributed by atoms with Gasteiger partial charge in [-0.25, -0.2) is 9.50 Å².